The number of rotatable bonds is 4. The van der Waals surface area contributed by atoms with Crippen LogP contribution < -0.4 is 10.6 Å². The van der Waals surface area contributed by atoms with Gasteiger partial charge in [-0.3, -0.25) is 15.0 Å². The summed E-state index contributed by atoms with van der Waals surface area (Å²) in [6.45, 7) is 3.54. The van der Waals surface area contributed by atoms with Crippen LogP contribution in [0, 0.1) is 10.1 Å². The first kappa shape index (κ1) is 18.6. The third-order valence-electron chi connectivity index (χ3n) is 4.89. The number of nitrogens with zero attached hydrogens (tertiary/aromatic N) is 5. The predicted octanol–water partition coefficient (Wildman–Crippen LogP) is 3.20. The van der Waals surface area contributed by atoms with Crippen LogP contribution >= 0.6 is 15.9 Å². The van der Waals surface area contributed by atoms with Crippen molar-refractivity contribution >= 4 is 44.0 Å². The molecule has 2 aromatic carbocycles. The van der Waals surface area contributed by atoms with Crippen LogP contribution in [0.25, 0.3) is 10.9 Å². The average Bonchev–Trinajstić information content (AvgIpc) is 2.69. The normalized spacial score (nSPS) is 15.1. The van der Waals surface area contributed by atoms with Crippen LogP contribution in [0.2, 0.25) is 0 Å². The molecule has 144 valence electrons. The number of nitrogens with two attached hydrogens (primary N) is 1. The molecule has 1 aromatic heterocycles. The molecule has 9 heteroatoms. The lowest BCUT2D eigenvalue weighted by molar-refractivity contribution is -0.384. The van der Waals surface area contributed by atoms with Gasteiger partial charge in [-0.1, -0.05) is 28.1 Å². The Morgan fingerprint density at radius 1 is 1.11 bits per heavy atom. The quantitative estimate of drug-likeness (QED) is 0.488. The lowest BCUT2D eigenvalue weighted by Gasteiger charge is -2.35. The molecule has 8 nitrogen and oxygen atoms in total. The van der Waals surface area contributed by atoms with Crippen molar-refractivity contribution in [2.45, 2.75) is 6.54 Å². The molecule has 0 unspecified atom stereocenters. The molecule has 4 rings (SSSR count). The summed E-state index contributed by atoms with van der Waals surface area (Å²) in [6, 6.07) is 12.9. The van der Waals surface area contributed by atoms with Crippen LogP contribution in [0.15, 0.2) is 46.9 Å². The summed E-state index contributed by atoms with van der Waals surface area (Å²) in [6.07, 6.45) is 0. The molecule has 0 atom stereocenters. The van der Waals surface area contributed by atoms with E-state index in [1.165, 1.54) is 0 Å². The van der Waals surface area contributed by atoms with E-state index in [2.05, 4.69) is 35.7 Å². The van der Waals surface area contributed by atoms with E-state index < -0.39 is 0 Å². The topological polar surface area (TPSA) is 101 Å². The lowest BCUT2D eigenvalue weighted by atomic mass is 10.2. The van der Waals surface area contributed by atoms with Gasteiger partial charge in [-0.15, -0.1) is 0 Å². The highest BCUT2D eigenvalue weighted by Gasteiger charge is 2.24. The largest absolute Gasteiger partial charge is 0.383 e. The molecule has 28 heavy (non-hydrogen) atoms. The molecular weight excluding hydrogens is 424 g/mol. The van der Waals surface area contributed by atoms with E-state index in [4.69, 9.17) is 5.73 Å². The number of para-hydroxylation sites is 1. The van der Waals surface area contributed by atoms with Gasteiger partial charge in [0.15, 0.2) is 0 Å². The van der Waals surface area contributed by atoms with Gasteiger partial charge in [0.1, 0.15) is 17.3 Å². The minimum Gasteiger partial charge on any atom is -0.383 e. The summed E-state index contributed by atoms with van der Waals surface area (Å²) >= 11 is 3.30. The number of aromatic nitrogens is 2. The SMILES string of the molecule is Nc1nc(CN2CCN(c3ccc(Br)cc3[N+](=O)[O-])CC2)nc2ccccc12. The van der Waals surface area contributed by atoms with E-state index >= 15 is 0 Å². The molecule has 0 bridgehead atoms. The molecule has 1 fully saturated rings. The average molecular weight is 443 g/mol. The van der Waals surface area contributed by atoms with Gasteiger partial charge in [-0.25, -0.2) is 9.97 Å². The van der Waals surface area contributed by atoms with Crippen molar-refractivity contribution in [1.29, 1.82) is 0 Å². The summed E-state index contributed by atoms with van der Waals surface area (Å²) in [5, 5.41) is 12.2. The Balaban J connectivity index is 1.46. The Labute approximate surface area is 170 Å². The number of anilines is 2. The Morgan fingerprint density at radius 2 is 1.86 bits per heavy atom. The molecule has 1 aliphatic rings. The molecule has 1 saturated heterocycles. The standard InChI is InChI=1S/C19H19BrN6O2/c20-13-5-6-16(17(11-13)26(27)28)25-9-7-24(8-10-25)12-18-22-15-4-2-1-3-14(15)19(21)23-18/h1-6,11H,7-10,12H2,(H2,21,22,23). The molecule has 2 N–H and O–H groups in total. The Morgan fingerprint density at radius 3 is 2.61 bits per heavy atom. The predicted molar refractivity (Wildman–Crippen MR) is 112 cm³/mol. The number of piperazine rings is 1. The van der Waals surface area contributed by atoms with Gasteiger partial charge in [0, 0.05) is 42.1 Å². The lowest BCUT2D eigenvalue weighted by Crippen LogP contribution is -2.46. The highest BCUT2D eigenvalue weighted by molar-refractivity contribution is 9.10. The van der Waals surface area contributed by atoms with Gasteiger partial charge in [0.05, 0.1) is 17.0 Å². The van der Waals surface area contributed by atoms with Gasteiger partial charge in [0.25, 0.3) is 5.69 Å². The second-order valence-electron chi connectivity index (χ2n) is 6.70. The summed E-state index contributed by atoms with van der Waals surface area (Å²) in [5.41, 5.74) is 7.68. The number of hydrogen-bond acceptors (Lipinski definition) is 7. The second kappa shape index (κ2) is 7.69. The fraction of sp³-hybridized carbons (Fsp3) is 0.263. The number of halogens is 1. The van der Waals surface area contributed by atoms with Gasteiger partial charge < -0.3 is 10.6 Å². The number of benzene rings is 2. The molecule has 2 heterocycles. The molecule has 0 aliphatic carbocycles. The van der Waals surface area contributed by atoms with Gasteiger partial charge >= 0.3 is 0 Å². The van der Waals surface area contributed by atoms with E-state index in [0.29, 0.717) is 41.4 Å². The van der Waals surface area contributed by atoms with Crippen molar-refractivity contribution in [3.05, 3.63) is 62.9 Å². The Hall–Kier alpha value is -2.78. The van der Waals surface area contributed by atoms with Gasteiger partial charge in [-0.05, 0) is 24.3 Å². The first-order valence-corrected chi connectivity index (χ1v) is 9.73. The second-order valence-corrected chi connectivity index (χ2v) is 7.61. The summed E-state index contributed by atoms with van der Waals surface area (Å²) < 4.78 is 0.702. The molecule has 0 spiro atoms. The molecule has 3 aromatic rings. The van der Waals surface area contributed by atoms with Crippen LogP contribution in [0.4, 0.5) is 17.2 Å². The van der Waals surface area contributed by atoms with Gasteiger partial charge in [-0.2, -0.15) is 0 Å². The molecule has 1 aliphatic heterocycles. The summed E-state index contributed by atoms with van der Waals surface area (Å²) in [5.74, 6) is 1.18. The number of fused-ring (bicyclic) bond motifs is 1. The van der Waals surface area contributed by atoms with Crippen molar-refractivity contribution in [2.24, 2.45) is 0 Å². The number of nitro groups is 1. The third kappa shape index (κ3) is 3.76. The van der Waals surface area contributed by atoms with Crippen LogP contribution in [0.3, 0.4) is 0 Å². The fourth-order valence-electron chi connectivity index (χ4n) is 3.48. The number of nitro benzene ring substituents is 1. The maximum Gasteiger partial charge on any atom is 0.293 e. The zero-order valence-corrected chi connectivity index (χ0v) is 16.7. The van der Waals surface area contributed by atoms with E-state index in [-0.39, 0.29) is 10.6 Å². The van der Waals surface area contributed by atoms with Crippen molar-refractivity contribution in [1.82, 2.24) is 14.9 Å². The van der Waals surface area contributed by atoms with Crippen LogP contribution in [-0.2, 0) is 6.54 Å². The first-order valence-electron chi connectivity index (χ1n) is 8.93. The first-order chi connectivity index (χ1) is 13.5. The summed E-state index contributed by atoms with van der Waals surface area (Å²) in [4.78, 5) is 24.4. The maximum absolute atomic E-state index is 11.4. The minimum absolute atomic E-state index is 0.119. The highest BCUT2D eigenvalue weighted by atomic mass is 79.9. The zero-order valence-electron chi connectivity index (χ0n) is 15.1. The van der Waals surface area contributed by atoms with E-state index in [1.54, 1.807) is 12.1 Å². The Bertz CT molecular complexity index is 1040. The monoisotopic (exact) mass is 442 g/mol. The van der Waals surface area contributed by atoms with Crippen LogP contribution in [0.5, 0.6) is 0 Å². The van der Waals surface area contributed by atoms with Crippen LogP contribution in [0.1, 0.15) is 5.82 Å². The fourth-order valence-corrected chi connectivity index (χ4v) is 3.83. The van der Waals surface area contributed by atoms with Crippen molar-refractivity contribution in [3.8, 4) is 0 Å². The molecule has 0 amide bonds. The van der Waals surface area contributed by atoms with E-state index in [9.17, 15) is 10.1 Å². The molecular formula is C19H19BrN6O2. The van der Waals surface area contributed by atoms with Crippen molar-refractivity contribution in [3.63, 3.8) is 0 Å². The maximum atomic E-state index is 11.4. The summed E-state index contributed by atoms with van der Waals surface area (Å²) in [7, 11) is 0. The third-order valence-corrected chi connectivity index (χ3v) is 5.38. The zero-order chi connectivity index (χ0) is 19.7. The Kier molecular flexibility index (Phi) is 5.10. The smallest absolute Gasteiger partial charge is 0.293 e. The minimum atomic E-state index is -0.335. The van der Waals surface area contributed by atoms with Gasteiger partial charge in [0.2, 0.25) is 0 Å². The van der Waals surface area contributed by atoms with Crippen LogP contribution in [-0.4, -0.2) is 46.0 Å². The number of nitrogen functional groups attached to an aromatic ring is 1. The highest BCUT2D eigenvalue weighted by Crippen LogP contribution is 2.32. The van der Waals surface area contributed by atoms with Crippen molar-refractivity contribution < 1.29 is 4.92 Å². The molecule has 0 radical (unpaired) electrons. The molecule has 0 saturated carbocycles. The van der Waals surface area contributed by atoms with Crippen molar-refractivity contribution in [2.75, 3.05) is 36.8 Å². The van der Waals surface area contributed by atoms with E-state index in [0.717, 1.165) is 24.0 Å². The van der Waals surface area contributed by atoms with E-state index in [1.807, 2.05) is 30.3 Å². The number of hydrogen-bond donors (Lipinski definition) is 1.